The Bertz CT molecular complexity index is 260. The third-order valence-corrected chi connectivity index (χ3v) is 3.26. The van der Waals surface area contributed by atoms with E-state index < -0.39 is 0 Å². The smallest absolute Gasteiger partial charge is 0.0701 e. The van der Waals surface area contributed by atoms with Crippen LogP contribution in [0.5, 0.6) is 0 Å². The Kier molecular flexibility index (Phi) is 4.38. The molecule has 2 nitrogen and oxygen atoms in total. The molecule has 0 amide bonds. The van der Waals surface area contributed by atoms with Crippen molar-refractivity contribution in [3.05, 3.63) is 20.8 Å². The van der Waals surface area contributed by atoms with Crippen LogP contribution in [0.25, 0.3) is 0 Å². The standard InChI is InChI=1S/C9H15BrN2S/c1-7(11)5-12(2)6-8-3-4-9(10)13-8/h3-4,7H,5-6,11H2,1-2H3. The molecule has 0 aromatic carbocycles. The van der Waals surface area contributed by atoms with Gasteiger partial charge in [-0.3, -0.25) is 4.90 Å². The summed E-state index contributed by atoms with van der Waals surface area (Å²) in [6.45, 7) is 3.95. The Balaban J connectivity index is 2.40. The summed E-state index contributed by atoms with van der Waals surface area (Å²) in [4.78, 5) is 3.61. The van der Waals surface area contributed by atoms with Crippen LogP contribution in [0, 0.1) is 0 Å². The molecule has 1 atom stereocenters. The summed E-state index contributed by atoms with van der Waals surface area (Å²) in [5.74, 6) is 0. The normalized spacial score (nSPS) is 13.6. The molecule has 74 valence electrons. The van der Waals surface area contributed by atoms with Crippen LogP contribution in [0.2, 0.25) is 0 Å². The van der Waals surface area contributed by atoms with E-state index in [9.17, 15) is 0 Å². The predicted molar refractivity (Wildman–Crippen MR) is 62.0 cm³/mol. The average Bonchev–Trinajstić information content (AvgIpc) is 2.33. The van der Waals surface area contributed by atoms with Crippen LogP contribution in [0.1, 0.15) is 11.8 Å². The second kappa shape index (κ2) is 5.10. The number of halogens is 1. The fraction of sp³-hybridized carbons (Fsp3) is 0.556. The highest BCUT2D eigenvalue weighted by atomic mass is 79.9. The van der Waals surface area contributed by atoms with Crippen LogP contribution in [0.3, 0.4) is 0 Å². The molecule has 1 heterocycles. The highest BCUT2D eigenvalue weighted by Gasteiger charge is 2.04. The van der Waals surface area contributed by atoms with Crippen molar-refractivity contribution in [2.75, 3.05) is 13.6 Å². The van der Waals surface area contributed by atoms with Gasteiger partial charge in [-0.2, -0.15) is 0 Å². The van der Waals surface area contributed by atoms with E-state index in [-0.39, 0.29) is 6.04 Å². The van der Waals surface area contributed by atoms with Crippen molar-refractivity contribution >= 4 is 27.3 Å². The minimum atomic E-state index is 0.244. The topological polar surface area (TPSA) is 29.3 Å². The fourth-order valence-electron chi connectivity index (χ4n) is 1.26. The van der Waals surface area contributed by atoms with Crippen molar-refractivity contribution in [1.29, 1.82) is 0 Å². The van der Waals surface area contributed by atoms with Gasteiger partial charge in [-0.05, 0) is 42.0 Å². The minimum absolute atomic E-state index is 0.244. The van der Waals surface area contributed by atoms with Crippen molar-refractivity contribution in [2.45, 2.75) is 19.5 Å². The molecule has 0 saturated carbocycles. The molecule has 1 aromatic rings. The first-order chi connectivity index (χ1) is 6.08. The van der Waals surface area contributed by atoms with E-state index in [1.807, 2.05) is 6.92 Å². The molecule has 0 saturated heterocycles. The lowest BCUT2D eigenvalue weighted by Crippen LogP contribution is -2.32. The van der Waals surface area contributed by atoms with Crippen molar-refractivity contribution in [3.8, 4) is 0 Å². The van der Waals surface area contributed by atoms with E-state index in [0.29, 0.717) is 0 Å². The zero-order valence-corrected chi connectivity index (χ0v) is 10.4. The fourth-order valence-corrected chi connectivity index (χ4v) is 2.82. The number of rotatable bonds is 4. The predicted octanol–water partition coefficient (Wildman–Crippen LogP) is 2.29. The van der Waals surface area contributed by atoms with Gasteiger partial charge in [-0.1, -0.05) is 0 Å². The molecular formula is C9H15BrN2S. The molecule has 0 aliphatic carbocycles. The van der Waals surface area contributed by atoms with Gasteiger partial charge in [0.1, 0.15) is 0 Å². The maximum Gasteiger partial charge on any atom is 0.0701 e. The number of nitrogens with zero attached hydrogens (tertiary/aromatic N) is 1. The molecule has 0 aliphatic heterocycles. The first-order valence-electron chi connectivity index (χ1n) is 4.26. The van der Waals surface area contributed by atoms with Gasteiger partial charge in [0.25, 0.3) is 0 Å². The highest BCUT2D eigenvalue weighted by molar-refractivity contribution is 9.11. The number of likely N-dealkylation sites (N-methyl/N-ethyl adjacent to an activating group) is 1. The van der Waals surface area contributed by atoms with Crippen LogP contribution in [-0.4, -0.2) is 24.5 Å². The van der Waals surface area contributed by atoms with E-state index in [0.717, 1.165) is 13.1 Å². The van der Waals surface area contributed by atoms with Gasteiger partial charge in [-0.15, -0.1) is 11.3 Å². The van der Waals surface area contributed by atoms with Crippen molar-refractivity contribution in [3.63, 3.8) is 0 Å². The summed E-state index contributed by atoms with van der Waals surface area (Å²) in [5, 5.41) is 0. The molecule has 13 heavy (non-hydrogen) atoms. The summed E-state index contributed by atoms with van der Waals surface area (Å²) < 4.78 is 1.19. The molecule has 1 rings (SSSR count). The first-order valence-corrected chi connectivity index (χ1v) is 5.87. The number of nitrogens with two attached hydrogens (primary N) is 1. The van der Waals surface area contributed by atoms with Gasteiger partial charge < -0.3 is 5.73 Å². The molecule has 4 heteroatoms. The second-order valence-electron chi connectivity index (χ2n) is 3.38. The summed E-state index contributed by atoms with van der Waals surface area (Å²) in [6, 6.07) is 4.47. The van der Waals surface area contributed by atoms with Gasteiger partial charge in [0.2, 0.25) is 0 Å². The first kappa shape index (κ1) is 11.2. The quantitative estimate of drug-likeness (QED) is 0.903. The summed E-state index contributed by atoms with van der Waals surface area (Å²) in [7, 11) is 2.09. The van der Waals surface area contributed by atoms with Gasteiger partial charge in [0.05, 0.1) is 3.79 Å². The van der Waals surface area contributed by atoms with E-state index >= 15 is 0 Å². The lowest BCUT2D eigenvalue weighted by Gasteiger charge is -2.17. The Morgan fingerprint density at radius 2 is 2.31 bits per heavy atom. The van der Waals surface area contributed by atoms with E-state index in [1.54, 1.807) is 11.3 Å². The van der Waals surface area contributed by atoms with Crippen LogP contribution >= 0.6 is 27.3 Å². The number of hydrogen-bond acceptors (Lipinski definition) is 3. The second-order valence-corrected chi connectivity index (χ2v) is 5.93. The zero-order valence-electron chi connectivity index (χ0n) is 7.96. The maximum atomic E-state index is 5.70. The monoisotopic (exact) mass is 262 g/mol. The third-order valence-electron chi connectivity index (χ3n) is 1.65. The lowest BCUT2D eigenvalue weighted by atomic mass is 10.3. The summed E-state index contributed by atoms with van der Waals surface area (Å²) in [5.41, 5.74) is 5.70. The summed E-state index contributed by atoms with van der Waals surface area (Å²) in [6.07, 6.45) is 0. The Morgan fingerprint density at radius 3 is 2.77 bits per heavy atom. The Labute approximate surface area is 91.9 Å². The molecule has 2 N–H and O–H groups in total. The van der Waals surface area contributed by atoms with Gasteiger partial charge in [0, 0.05) is 24.0 Å². The zero-order chi connectivity index (χ0) is 9.84. The van der Waals surface area contributed by atoms with Crippen molar-refractivity contribution in [1.82, 2.24) is 4.90 Å². The van der Waals surface area contributed by atoms with Crippen LogP contribution in [-0.2, 0) is 6.54 Å². The Hall–Kier alpha value is 0.1000. The molecule has 1 unspecified atom stereocenters. The summed E-state index contributed by atoms with van der Waals surface area (Å²) >= 11 is 5.23. The van der Waals surface area contributed by atoms with Gasteiger partial charge in [0.15, 0.2) is 0 Å². The number of hydrogen-bond donors (Lipinski definition) is 1. The molecule has 0 fully saturated rings. The van der Waals surface area contributed by atoms with Crippen LogP contribution in [0.4, 0.5) is 0 Å². The minimum Gasteiger partial charge on any atom is -0.327 e. The molecule has 0 bridgehead atoms. The van der Waals surface area contributed by atoms with E-state index in [1.165, 1.54) is 8.66 Å². The molecule has 0 spiro atoms. The molecular weight excluding hydrogens is 248 g/mol. The highest BCUT2D eigenvalue weighted by Crippen LogP contribution is 2.22. The lowest BCUT2D eigenvalue weighted by molar-refractivity contribution is 0.312. The van der Waals surface area contributed by atoms with Crippen LogP contribution < -0.4 is 5.73 Å². The largest absolute Gasteiger partial charge is 0.327 e. The SMILES string of the molecule is CC(N)CN(C)Cc1ccc(Br)s1. The Morgan fingerprint density at radius 1 is 1.62 bits per heavy atom. The van der Waals surface area contributed by atoms with Gasteiger partial charge in [-0.25, -0.2) is 0 Å². The van der Waals surface area contributed by atoms with E-state index in [4.69, 9.17) is 5.73 Å². The van der Waals surface area contributed by atoms with Crippen LogP contribution in [0.15, 0.2) is 15.9 Å². The third kappa shape index (κ3) is 4.22. The molecule has 1 aromatic heterocycles. The van der Waals surface area contributed by atoms with E-state index in [2.05, 4.69) is 40.0 Å². The average molecular weight is 263 g/mol. The van der Waals surface area contributed by atoms with Gasteiger partial charge >= 0.3 is 0 Å². The molecule has 0 aliphatic rings. The van der Waals surface area contributed by atoms with Crippen molar-refractivity contribution < 1.29 is 0 Å². The molecule has 0 radical (unpaired) electrons. The maximum absolute atomic E-state index is 5.70. The number of thiophene rings is 1. The van der Waals surface area contributed by atoms with Crippen molar-refractivity contribution in [2.24, 2.45) is 5.73 Å².